The molecular formula is C17H17ClN2O3. The minimum Gasteiger partial charge on any atom is -0.373 e. The van der Waals surface area contributed by atoms with Crippen LogP contribution in [0.1, 0.15) is 23.7 Å². The molecule has 0 aliphatic carbocycles. The summed E-state index contributed by atoms with van der Waals surface area (Å²) in [5.74, 6) is -0.179. The number of aromatic nitrogens is 1. The van der Waals surface area contributed by atoms with Crippen molar-refractivity contribution in [3.8, 4) is 0 Å². The van der Waals surface area contributed by atoms with Crippen LogP contribution in [0.5, 0.6) is 0 Å². The summed E-state index contributed by atoms with van der Waals surface area (Å²) in [6.45, 7) is 0.612. The Labute approximate surface area is 138 Å². The standard InChI is InChI=1S/C17H17ClN2O3/c1-20-10-12(8-14(18)17(20)22)19-16(21)9-15-13-5-3-2-4-11(13)6-7-23-15/h2-5,8,10,15H,6-7,9H2,1H3,(H,19,21). The van der Waals surface area contributed by atoms with Crippen molar-refractivity contribution >= 4 is 23.2 Å². The number of fused-ring (bicyclic) bond motifs is 1. The van der Waals surface area contributed by atoms with E-state index in [0.29, 0.717) is 12.3 Å². The van der Waals surface area contributed by atoms with E-state index in [9.17, 15) is 9.59 Å². The number of benzene rings is 1. The van der Waals surface area contributed by atoms with Gasteiger partial charge in [0.05, 0.1) is 24.8 Å². The molecule has 1 aromatic carbocycles. The molecule has 5 nitrogen and oxygen atoms in total. The highest BCUT2D eigenvalue weighted by Crippen LogP contribution is 2.29. The fraction of sp³-hybridized carbons (Fsp3) is 0.294. The van der Waals surface area contributed by atoms with E-state index in [4.69, 9.17) is 16.3 Å². The lowest BCUT2D eigenvalue weighted by molar-refractivity contribution is -0.119. The topological polar surface area (TPSA) is 60.3 Å². The van der Waals surface area contributed by atoms with Crippen LogP contribution in [0.25, 0.3) is 0 Å². The lowest BCUT2D eigenvalue weighted by Gasteiger charge is -2.25. The van der Waals surface area contributed by atoms with Crippen molar-refractivity contribution in [3.63, 3.8) is 0 Å². The number of pyridine rings is 1. The summed E-state index contributed by atoms with van der Waals surface area (Å²) >= 11 is 5.85. The van der Waals surface area contributed by atoms with Crippen molar-refractivity contribution < 1.29 is 9.53 Å². The van der Waals surface area contributed by atoms with Crippen molar-refractivity contribution in [3.05, 3.63) is 63.0 Å². The maximum atomic E-state index is 12.3. The SMILES string of the molecule is Cn1cc(NC(=O)CC2OCCc3ccccc32)cc(Cl)c1=O. The maximum absolute atomic E-state index is 12.3. The van der Waals surface area contributed by atoms with Gasteiger partial charge in [-0.2, -0.15) is 0 Å². The third kappa shape index (κ3) is 3.46. The lowest BCUT2D eigenvalue weighted by atomic mass is 9.95. The molecule has 2 heterocycles. The first-order valence-electron chi connectivity index (χ1n) is 7.40. The number of rotatable bonds is 3. The summed E-state index contributed by atoms with van der Waals surface area (Å²) in [6.07, 6.45) is 2.38. The van der Waals surface area contributed by atoms with Gasteiger partial charge in [0.25, 0.3) is 5.56 Å². The number of aryl methyl sites for hydroxylation is 1. The van der Waals surface area contributed by atoms with E-state index >= 15 is 0 Å². The van der Waals surface area contributed by atoms with Crippen molar-refractivity contribution in [1.29, 1.82) is 0 Å². The third-order valence-electron chi connectivity index (χ3n) is 3.89. The average molecular weight is 333 g/mol. The van der Waals surface area contributed by atoms with Gasteiger partial charge in [0.2, 0.25) is 5.91 Å². The number of ether oxygens (including phenoxy) is 1. The molecule has 0 saturated carbocycles. The fourth-order valence-electron chi connectivity index (χ4n) is 2.77. The van der Waals surface area contributed by atoms with E-state index in [2.05, 4.69) is 11.4 Å². The molecule has 1 aromatic heterocycles. The van der Waals surface area contributed by atoms with Gasteiger partial charge in [0.15, 0.2) is 0 Å². The predicted molar refractivity (Wildman–Crippen MR) is 88.8 cm³/mol. The second-order valence-electron chi connectivity index (χ2n) is 5.55. The molecule has 0 bridgehead atoms. The molecule has 6 heteroatoms. The van der Waals surface area contributed by atoms with E-state index in [-0.39, 0.29) is 29.0 Å². The van der Waals surface area contributed by atoms with Gasteiger partial charge < -0.3 is 14.6 Å². The minimum absolute atomic E-state index is 0.0737. The van der Waals surface area contributed by atoms with Crippen LogP contribution in [-0.2, 0) is 23.0 Å². The molecule has 1 aliphatic rings. The van der Waals surface area contributed by atoms with Crippen LogP contribution in [0.15, 0.2) is 41.3 Å². The summed E-state index contributed by atoms with van der Waals surface area (Å²) in [6, 6.07) is 9.46. The highest BCUT2D eigenvalue weighted by atomic mass is 35.5. The first kappa shape index (κ1) is 15.8. The molecule has 1 amide bonds. The molecule has 1 atom stereocenters. The van der Waals surface area contributed by atoms with Crippen LogP contribution in [0.2, 0.25) is 5.02 Å². The van der Waals surface area contributed by atoms with Crippen LogP contribution in [0, 0.1) is 0 Å². The first-order valence-corrected chi connectivity index (χ1v) is 7.78. The Morgan fingerprint density at radius 2 is 2.22 bits per heavy atom. The second-order valence-corrected chi connectivity index (χ2v) is 5.96. The Morgan fingerprint density at radius 3 is 3.00 bits per heavy atom. The molecule has 120 valence electrons. The van der Waals surface area contributed by atoms with Crippen molar-refractivity contribution in [2.75, 3.05) is 11.9 Å². The van der Waals surface area contributed by atoms with E-state index in [1.807, 2.05) is 18.2 Å². The highest BCUT2D eigenvalue weighted by molar-refractivity contribution is 6.30. The number of carbonyl (C=O) groups is 1. The van der Waals surface area contributed by atoms with Gasteiger partial charge in [-0.1, -0.05) is 35.9 Å². The molecule has 1 N–H and O–H groups in total. The molecule has 2 aromatic rings. The molecule has 3 rings (SSSR count). The average Bonchev–Trinajstić information content (AvgIpc) is 2.53. The second kappa shape index (κ2) is 6.56. The number of nitrogens with one attached hydrogen (secondary N) is 1. The molecule has 0 fully saturated rings. The zero-order chi connectivity index (χ0) is 16.4. The quantitative estimate of drug-likeness (QED) is 0.940. The number of nitrogens with zero attached hydrogens (tertiary/aromatic N) is 1. The summed E-state index contributed by atoms with van der Waals surface area (Å²) in [4.78, 5) is 23.8. The number of hydrogen-bond donors (Lipinski definition) is 1. The van der Waals surface area contributed by atoms with E-state index in [1.54, 1.807) is 13.2 Å². The van der Waals surface area contributed by atoms with Gasteiger partial charge in [-0.05, 0) is 23.6 Å². The predicted octanol–water partition coefficient (Wildman–Crippen LogP) is 2.68. The molecule has 0 spiro atoms. The Kier molecular flexibility index (Phi) is 4.50. The van der Waals surface area contributed by atoms with Crippen LogP contribution in [-0.4, -0.2) is 17.1 Å². The molecule has 0 saturated heterocycles. The number of amides is 1. The van der Waals surface area contributed by atoms with Gasteiger partial charge in [0, 0.05) is 13.2 Å². The van der Waals surface area contributed by atoms with E-state index in [0.717, 1.165) is 12.0 Å². The number of hydrogen-bond acceptors (Lipinski definition) is 3. The van der Waals surface area contributed by atoms with Crippen LogP contribution < -0.4 is 10.9 Å². The zero-order valence-corrected chi connectivity index (χ0v) is 13.5. The Bertz CT molecular complexity index is 774. The van der Waals surface area contributed by atoms with Crippen LogP contribution in [0.4, 0.5) is 5.69 Å². The lowest BCUT2D eigenvalue weighted by Crippen LogP contribution is -2.23. The van der Waals surface area contributed by atoms with Crippen molar-refractivity contribution in [2.45, 2.75) is 18.9 Å². The largest absolute Gasteiger partial charge is 0.373 e. The number of anilines is 1. The number of halogens is 1. The van der Waals surface area contributed by atoms with Gasteiger partial charge in [-0.15, -0.1) is 0 Å². The third-order valence-corrected chi connectivity index (χ3v) is 4.16. The summed E-state index contributed by atoms with van der Waals surface area (Å²) < 4.78 is 7.07. The Morgan fingerprint density at radius 1 is 1.43 bits per heavy atom. The molecular weight excluding hydrogens is 316 g/mol. The molecule has 1 aliphatic heterocycles. The highest BCUT2D eigenvalue weighted by Gasteiger charge is 2.23. The van der Waals surface area contributed by atoms with Crippen molar-refractivity contribution in [1.82, 2.24) is 4.57 Å². The van der Waals surface area contributed by atoms with Gasteiger partial charge in [0.1, 0.15) is 5.02 Å². The van der Waals surface area contributed by atoms with Gasteiger partial charge >= 0.3 is 0 Å². The minimum atomic E-state index is -0.297. The van der Waals surface area contributed by atoms with Crippen LogP contribution in [0.3, 0.4) is 0 Å². The maximum Gasteiger partial charge on any atom is 0.269 e. The zero-order valence-electron chi connectivity index (χ0n) is 12.7. The molecule has 1 unspecified atom stereocenters. The fourth-order valence-corrected chi connectivity index (χ4v) is 3.02. The van der Waals surface area contributed by atoms with Crippen molar-refractivity contribution in [2.24, 2.45) is 7.05 Å². The molecule has 23 heavy (non-hydrogen) atoms. The normalized spacial score (nSPS) is 16.7. The van der Waals surface area contributed by atoms with Crippen LogP contribution >= 0.6 is 11.6 Å². The Hall–Kier alpha value is -2.11. The van der Waals surface area contributed by atoms with Gasteiger partial charge in [-0.25, -0.2) is 0 Å². The first-order chi connectivity index (χ1) is 11.0. The number of carbonyl (C=O) groups excluding carboxylic acids is 1. The van der Waals surface area contributed by atoms with E-state index in [1.165, 1.54) is 16.2 Å². The monoisotopic (exact) mass is 332 g/mol. The summed E-state index contributed by atoms with van der Waals surface area (Å²) in [5, 5.41) is 2.84. The Balaban J connectivity index is 1.72. The molecule has 0 radical (unpaired) electrons. The summed E-state index contributed by atoms with van der Waals surface area (Å²) in [7, 11) is 1.59. The van der Waals surface area contributed by atoms with Gasteiger partial charge in [-0.3, -0.25) is 9.59 Å². The smallest absolute Gasteiger partial charge is 0.269 e. The van der Waals surface area contributed by atoms with E-state index < -0.39 is 0 Å². The summed E-state index contributed by atoms with van der Waals surface area (Å²) in [5.41, 5.74) is 2.48.